The molecule has 194 valence electrons. The summed E-state index contributed by atoms with van der Waals surface area (Å²) in [4.78, 5) is 41.1. The Hall–Kier alpha value is -3.97. The third-order valence-electron chi connectivity index (χ3n) is 6.16. The summed E-state index contributed by atoms with van der Waals surface area (Å²) in [5.41, 5.74) is 4.08. The average molecular weight is 501 g/mol. The van der Waals surface area contributed by atoms with Crippen molar-refractivity contribution in [3.8, 4) is 0 Å². The van der Waals surface area contributed by atoms with Crippen LogP contribution in [0.4, 0.5) is 11.4 Å². The van der Waals surface area contributed by atoms with Gasteiger partial charge in [0.25, 0.3) is 17.7 Å². The molecule has 3 amide bonds. The van der Waals surface area contributed by atoms with Gasteiger partial charge in [0.2, 0.25) is 0 Å². The smallest absolute Gasteiger partial charge is 0.255 e. The van der Waals surface area contributed by atoms with Gasteiger partial charge in [0.15, 0.2) is 0 Å². The Labute approximate surface area is 219 Å². The molecule has 0 spiro atoms. The maximum absolute atomic E-state index is 13.1. The summed E-state index contributed by atoms with van der Waals surface area (Å²) in [5, 5.41) is 8.68. The van der Waals surface area contributed by atoms with Crippen LogP contribution >= 0.6 is 0 Å². The second-order valence-electron chi connectivity index (χ2n) is 9.04. The zero-order valence-corrected chi connectivity index (χ0v) is 22.1. The predicted octanol–water partition coefficient (Wildman–Crippen LogP) is 5.27. The lowest BCUT2D eigenvalue weighted by molar-refractivity contribution is 0.0952. The highest BCUT2D eigenvalue weighted by Gasteiger charge is 2.17. The minimum atomic E-state index is -0.332. The van der Waals surface area contributed by atoms with Gasteiger partial charge in [0, 0.05) is 23.4 Å². The van der Waals surface area contributed by atoms with Crippen LogP contribution in [0.5, 0.6) is 0 Å². The molecule has 0 saturated heterocycles. The standard InChI is InChI=1S/C30H36N4O3/c1-5-34(6-2)17-9-16-31-30(37)26-15-14-25(32-28(35)23-12-7-10-21(3)18-23)20-27(26)33-29(36)24-13-8-11-22(4)19-24/h7-8,10-15,18-20H,5-6,9,16-17H2,1-4H3,(H,31,37)(H,32,35)(H,33,36). The molecule has 3 aromatic carbocycles. The Morgan fingerprint density at radius 2 is 1.32 bits per heavy atom. The van der Waals surface area contributed by atoms with Crippen LogP contribution in [-0.2, 0) is 0 Å². The quantitative estimate of drug-likeness (QED) is 0.313. The van der Waals surface area contributed by atoms with Gasteiger partial charge in [-0.15, -0.1) is 0 Å². The normalized spacial score (nSPS) is 10.7. The molecule has 0 unspecified atom stereocenters. The van der Waals surface area contributed by atoms with Crippen LogP contribution in [0.2, 0.25) is 0 Å². The third kappa shape index (κ3) is 8.02. The molecule has 0 bridgehead atoms. The van der Waals surface area contributed by atoms with Crippen molar-refractivity contribution >= 4 is 29.1 Å². The molecule has 3 N–H and O–H groups in total. The van der Waals surface area contributed by atoms with E-state index in [0.717, 1.165) is 37.2 Å². The van der Waals surface area contributed by atoms with Crippen molar-refractivity contribution in [2.45, 2.75) is 34.1 Å². The lowest BCUT2D eigenvalue weighted by Gasteiger charge is -2.18. The molecule has 0 aliphatic heterocycles. The van der Waals surface area contributed by atoms with E-state index in [1.54, 1.807) is 42.5 Å². The van der Waals surface area contributed by atoms with Crippen LogP contribution in [0.3, 0.4) is 0 Å². The summed E-state index contributed by atoms with van der Waals surface area (Å²) in [5.74, 6) is -0.884. The number of aryl methyl sites for hydroxylation is 2. The zero-order valence-electron chi connectivity index (χ0n) is 22.1. The number of amides is 3. The molecule has 0 heterocycles. The molecule has 7 nitrogen and oxygen atoms in total. The highest BCUT2D eigenvalue weighted by Crippen LogP contribution is 2.23. The van der Waals surface area contributed by atoms with Gasteiger partial charge in [-0.1, -0.05) is 49.2 Å². The molecular weight excluding hydrogens is 464 g/mol. The maximum atomic E-state index is 13.1. The number of carbonyl (C=O) groups is 3. The first-order valence-electron chi connectivity index (χ1n) is 12.7. The number of nitrogens with one attached hydrogen (secondary N) is 3. The molecule has 3 rings (SSSR count). The number of hydrogen-bond acceptors (Lipinski definition) is 4. The van der Waals surface area contributed by atoms with Gasteiger partial charge in [0.05, 0.1) is 11.3 Å². The second-order valence-corrected chi connectivity index (χ2v) is 9.04. The number of hydrogen-bond donors (Lipinski definition) is 3. The van der Waals surface area contributed by atoms with Crippen molar-refractivity contribution in [2.24, 2.45) is 0 Å². The topological polar surface area (TPSA) is 90.5 Å². The van der Waals surface area contributed by atoms with E-state index >= 15 is 0 Å². The first-order chi connectivity index (χ1) is 17.8. The Morgan fingerprint density at radius 1 is 0.730 bits per heavy atom. The van der Waals surface area contributed by atoms with Crippen LogP contribution in [0.15, 0.2) is 66.7 Å². The number of rotatable bonds is 11. The highest BCUT2D eigenvalue weighted by atomic mass is 16.2. The van der Waals surface area contributed by atoms with E-state index in [4.69, 9.17) is 0 Å². The van der Waals surface area contributed by atoms with E-state index in [-0.39, 0.29) is 17.7 Å². The summed E-state index contributed by atoms with van der Waals surface area (Å²) in [7, 11) is 0. The van der Waals surface area contributed by atoms with Crippen molar-refractivity contribution in [1.29, 1.82) is 0 Å². The van der Waals surface area contributed by atoms with E-state index in [9.17, 15) is 14.4 Å². The predicted molar refractivity (Wildman–Crippen MR) is 149 cm³/mol. The molecule has 0 aliphatic carbocycles. The fourth-order valence-electron chi connectivity index (χ4n) is 4.03. The lowest BCUT2D eigenvalue weighted by atomic mass is 10.1. The zero-order chi connectivity index (χ0) is 26.8. The van der Waals surface area contributed by atoms with E-state index in [0.29, 0.717) is 34.6 Å². The first kappa shape index (κ1) is 27.6. The first-order valence-corrected chi connectivity index (χ1v) is 12.7. The van der Waals surface area contributed by atoms with E-state index in [1.165, 1.54) is 0 Å². The van der Waals surface area contributed by atoms with Gasteiger partial charge >= 0.3 is 0 Å². The van der Waals surface area contributed by atoms with Crippen molar-refractivity contribution in [3.05, 3.63) is 94.5 Å². The number of nitrogens with zero attached hydrogens (tertiary/aromatic N) is 1. The lowest BCUT2D eigenvalue weighted by Crippen LogP contribution is -2.30. The van der Waals surface area contributed by atoms with E-state index in [2.05, 4.69) is 34.7 Å². The van der Waals surface area contributed by atoms with Crippen molar-refractivity contribution in [1.82, 2.24) is 10.2 Å². The Balaban J connectivity index is 1.80. The van der Waals surface area contributed by atoms with Crippen LogP contribution < -0.4 is 16.0 Å². The fraction of sp³-hybridized carbons (Fsp3) is 0.300. The molecular formula is C30H36N4O3. The summed E-state index contributed by atoms with van der Waals surface area (Å²) in [6, 6.07) is 19.4. The minimum Gasteiger partial charge on any atom is -0.352 e. The Kier molecular flexibility index (Phi) is 9.98. The van der Waals surface area contributed by atoms with Gasteiger partial charge in [-0.3, -0.25) is 14.4 Å². The van der Waals surface area contributed by atoms with Gasteiger partial charge in [-0.05, 0) is 82.4 Å². The SMILES string of the molecule is CCN(CC)CCCNC(=O)c1ccc(NC(=O)c2cccc(C)c2)cc1NC(=O)c1cccc(C)c1. The van der Waals surface area contributed by atoms with Gasteiger partial charge in [-0.25, -0.2) is 0 Å². The Morgan fingerprint density at radius 3 is 1.89 bits per heavy atom. The molecule has 7 heteroatoms. The largest absolute Gasteiger partial charge is 0.352 e. The van der Waals surface area contributed by atoms with Crippen molar-refractivity contribution < 1.29 is 14.4 Å². The molecule has 0 atom stereocenters. The summed E-state index contributed by atoms with van der Waals surface area (Å²) >= 11 is 0. The second kappa shape index (κ2) is 13.4. The molecule has 0 fully saturated rings. The van der Waals surface area contributed by atoms with Gasteiger partial charge in [-0.2, -0.15) is 0 Å². The molecule has 0 saturated carbocycles. The van der Waals surface area contributed by atoms with E-state index < -0.39 is 0 Å². The minimum absolute atomic E-state index is 0.270. The molecule has 0 radical (unpaired) electrons. The van der Waals surface area contributed by atoms with Gasteiger partial charge in [0.1, 0.15) is 0 Å². The summed E-state index contributed by atoms with van der Waals surface area (Å²) in [6.07, 6.45) is 0.822. The molecule has 0 aliphatic rings. The van der Waals surface area contributed by atoms with E-state index in [1.807, 2.05) is 38.1 Å². The average Bonchev–Trinajstić information content (AvgIpc) is 2.88. The maximum Gasteiger partial charge on any atom is 0.255 e. The number of carbonyl (C=O) groups excluding carboxylic acids is 3. The Bertz CT molecular complexity index is 1250. The van der Waals surface area contributed by atoms with Crippen LogP contribution in [0.25, 0.3) is 0 Å². The number of anilines is 2. The number of benzene rings is 3. The molecule has 3 aromatic rings. The fourth-order valence-corrected chi connectivity index (χ4v) is 4.03. The van der Waals surface area contributed by atoms with Crippen LogP contribution in [-0.4, -0.2) is 48.8 Å². The van der Waals surface area contributed by atoms with Crippen LogP contribution in [0.1, 0.15) is 62.5 Å². The monoisotopic (exact) mass is 500 g/mol. The summed E-state index contributed by atoms with van der Waals surface area (Å²) < 4.78 is 0. The van der Waals surface area contributed by atoms with Crippen LogP contribution in [0, 0.1) is 13.8 Å². The summed E-state index contributed by atoms with van der Waals surface area (Å²) in [6.45, 7) is 11.4. The van der Waals surface area contributed by atoms with Crippen molar-refractivity contribution in [2.75, 3.05) is 36.8 Å². The third-order valence-corrected chi connectivity index (χ3v) is 6.16. The van der Waals surface area contributed by atoms with Gasteiger partial charge < -0.3 is 20.9 Å². The van der Waals surface area contributed by atoms with Crippen molar-refractivity contribution in [3.63, 3.8) is 0 Å². The molecule has 37 heavy (non-hydrogen) atoms. The highest BCUT2D eigenvalue weighted by molar-refractivity contribution is 6.10. The molecule has 0 aromatic heterocycles.